The number of esters is 2. The lowest BCUT2D eigenvalue weighted by Crippen LogP contribution is -2.22. The molecule has 4 nitrogen and oxygen atoms in total. The van der Waals surface area contributed by atoms with Gasteiger partial charge in [0.1, 0.15) is 0 Å². The van der Waals surface area contributed by atoms with E-state index in [4.69, 9.17) is 9.47 Å². The van der Waals surface area contributed by atoms with Crippen molar-refractivity contribution >= 4 is 11.9 Å². The van der Waals surface area contributed by atoms with Crippen LogP contribution < -0.4 is 0 Å². The van der Waals surface area contributed by atoms with Crippen molar-refractivity contribution in [3.05, 3.63) is 11.1 Å². The van der Waals surface area contributed by atoms with Crippen LogP contribution in [0.3, 0.4) is 0 Å². The summed E-state index contributed by atoms with van der Waals surface area (Å²) >= 11 is 0. The van der Waals surface area contributed by atoms with Crippen molar-refractivity contribution in [3.63, 3.8) is 0 Å². The van der Waals surface area contributed by atoms with Gasteiger partial charge in [-0.1, -0.05) is 113 Å². The van der Waals surface area contributed by atoms with Gasteiger partial charge in [-0.25, -0.2) is 9.59 Å². The number of hydrogen-bond donors (Lipinski definition) is 0. The molecule has 0 saturated carbocycles. The Kier molecular flexibility index (Phi) is 18.3. The Morgan fingerprint density at radius 2 is 1.03 bits per heavy atom. The summed E-state index contributed by atoms with van der Waals surface area (Å²) in [6.07, 6.45) is 14.8. The van der Waals surface area contributed by atoms with Crippen LogP contribution in [0.5, 0.6) is 0 Å². The number of unbranched alkanes of at least 4 members (excludes halogenated alkanes) is 10. The molecule has 0 aliphatic rings. The van der Waals surface area contributed by atoms with Crippen LogP contribution in [0.1, 0.15) is 138 Å². The van der Waals surface area contributed by atoms with Gasteiger partial charge < -0.3 is 9.47 Å². The summed E-state index contributed by atoms with van der Waals surface area (Å²) in [6.45, 7) is 15.6. The Morgan fingerprint density at radius 1 is 0.636 bits per heavy atom. The van der Waals surface area contributed by atoms with Crippen LogP contribution in [0.4, 0.5) is 0 Å². The molecule has 194 valence electrons. The predicted octanol–water partition coefficient (Wildman–Crippen LogP) is 8.57. The maximum Gasteiger partial charge on any atom is 0.334 e. The van der Waals surface area contributed by atoms with Crippen LogP contribution in [-0.2, 0) is 19.1 Å². The van der Waals surface area contributed by atoms with Crippen molar-refractivity contribution in [1.29, 1.82) is 0 Å². The number of ether oxygens (including phenoxy) is 2. The molecule has 0 rings (SSSR count). The molecule has 0 aromatic heterocycles. The van der Waals surface area contributed by atoms with E-state index in [-0.39, 0.29) is 23.3 Å². The topological polar surface area (TPSA) is 52.6 Å². The zero-order valence-corrected chi connectivity index (χ0v) is 23.0. The maximum absolute atomic E-state index is 13.1. The molecule has 0 spiro atoms. The third-order valence-electron chi connectivity index (χ3n) is 5.64. The van der Waals surface area contributed by atoms with E-state index in [0.717, 1.165) is 25.7 Å². The zero-order valence-electron chi connectivity index (χ0n) is 23.0. The van der Waals surface area contributed by atoms with Gasteiger partial charge in [0.2, 0.25) is 0 Å². The van der Waals surface area contributed by atoms with Gasteiger partial charge in [-0.2, -0.15) is 0 Å². The van der Waals surface area contributed by atoms with Gasteiger partial charge in [-0.05, 0) is 37.0 Å². The van der Waals surface area contributed by atoms with E-state index in [0.29, 0.717) is 37.2 Å². The Bertz CT molecular complexity index is 554. The summed E-state index contributed by atoms with van der Waals surface area (Å²) in [6, 6.07) is 0. The second-order valence-corrected chi connectivity index (χ2v) is 11.1. The SMILES string of the molecule is CCCCCCCCOC(=O)/C(CC(C)C)=C(/CC(C)(C)C)C(=O)OCCCCCCCC. The highest BCUT2D eigenvalue weighted by molar-refractivity contribution is 6.00. The lowest BCUT2D eigenvalue weighted by Gasteiger charge is -2.23. The molecule has 0 saturated heterocycles. The summed E-state index contributed by atoms with van der Waals surface area (Å²) in [5, 5.41) is 0. The van der Waals surface area contributed by atoms with Crippen LogP contribution in [0.2, 0.25) is 0 Å². The number of rotatable bonds is 19. The molecule has 0 aromatic rings. The summed E-state index contributed by atoms with van der Waals surface area (Å²) < 4.78 is 11.3. The minimum absolute atomic E-state index is 0.129. The van der Waals surface area contributed by atoms with Crippen LogP contribution >= 0.6 is 0 Å². The highest BCUT2D eigenvalue weighted by Gasteiger charge is 2.28. The largest absolute Gasteiger partial charge is 0.462 e. The van der Waals surface area contributed by atoms with Gasteiger partial charge in [0.05, 0.1) is 13.2 Å². The first-order chi connectivity index (χ1) is 15.6. The number of carbonyl (C=O) groups is 2. The molecule has 33 heavy (non-hydrogen) atoms. The fourth-order valence-electron chi connectivity index (χ4n) is 3.84. The minimum atomic E-state index is -0.342. The lowest BCUT2D eigenvalue weighted by molar-refractivity contribution is -0.143. The zero-order chi connectivity index (χ0) is 25.1. The molecule has 0 N–H and O–H groups in total. The molecule has 0 amide bonds. The quantitative estimate of drug-likeness (QED) is 0.109. The van der Waals surface area contributed by atoms with Crippen LogP contribution in [0, 0.1) is 11.3 Å². The molecule has 0 aliphatic carbocycles. The van der Waals surface area contributed by atoms with Crippen molar-refractivity contribution < 1.29 is 19.1 Å². The van der Waals surface area contributed by atoms with Gasteiger partial charge in [0.25, 0.3) is 0 Å². The van der Waals surface area contributed by atoms with Crippen LogP contribution in [0.25, 0.3) is 0 Å². The second kappa shape index (κ2) is 19.0. The number of hydrogen-bond acceptors (Lipinski definition) is 4. The number of carbonyl (C=O) groups excluding carboxylic acids is 2. The van der Waals surface area contributed by atoms with Crippen LogP contribution in [-0.4, -0.2) is 25.2 Å². The molecule has 0 heterocycles. The minimum Gasteiger partial charge on any atom is -0.462 e. The lowest BCUT2D eigenvalue weighted by atomic mass is 9.84. The van der Waals surface area contributed by atoms with Crippen LogP contribution in [0.15, 0.2) is 11.1 Å². The molecular weight excluding hydrogens is 412 g/mol. The first-order valence-electron chi connectivity index (χ1n) is 13.7. The Morgan fingerprint density at radius 3 is 1.42 bits per heavy atom. The van der Waals surface area contributed by atoms with Crippen molar-refractivity contribution in [2.45, 2.75) is 138 Å². The smallest absolute Gasteiger partial charge is 0.334 e. The average Bonchev–Trinajstić information content (AvgIpc) is 2.73. The van der Waals surface area contributed by atoms with Crippen molar-refractivity contribution in [3.8, 4) is 0 Å². The molecule has 0 bridgehead atoms. The highest BCUT2D eigenvalue weighted by Crippen LogP contribution is 2.30. The molecule has 0 aliphatic heterocycles. The Balaban J connectivity index is 5.12. The average molecular weight is 467 g/mol. The molecule has 0 fully saturated rings. The summed E-state index contributed by atoms with van der Waals surface area (Å²) in [7, 11) is 0. The van der Waals surface area contributed by atoms with E-state index < -0.39 is 0 Å². The van der Waals surface area contributed by atoms with Gasteiger partial charge >= 0.3 is 11.9 Å². The summed E-state index contributed by atoms with van der Waals surface area (Å²) in [5.41, 5.74) is 0.894. The van der Waals surface area contributed by atoms with Gasteiger partial charge in [0.15, 0.2) is 0 Å². The standard InChI is InChI=1S/C29H54O4/c1-8-10-12-14-16-18-20-32-27(30)25(22-24(3)4)26(23-29(5,6)7)28(31)33-21-19-17-15-13-11-9-2/h24H,8-23H2,1-7H3/b26-25-. The Hall–Kier alpha value is -1.32. The van der Waals surface area contributed by atoms with E-state index in [1.807, 2.05) is 0 Å². The summed E-state index contributed by atoms with van der Waals surface area (Å²) in [5.74, 6) is -0.429. The first-order valence-corrected chi connectivity index (χ1v) is 13.7. The second-order valence-electron chi connectivity index (χ2n) is 11.1. The van der Waals surface area contributed by atoms with Gasteiger partial charge in [-0.15, -0.1) is 0 Å². The molecule has 0 unspecified atom stereocenters. The van der Waals surface area contributed by atoms with E-state index in [9.17, 15) is 9.59 Å². The van der Waals surface area contributed by atoms with E-state index >= 15 is 0 Å². The van der Waals surface area contributed by atoms with E-state index in [2.05, 4.69) is 48.5 Å². The highest BCUT2D eigenvalue weighted by atomic mass is 16.5. The molecule has 0 aromatic carbocycles. The molecule has 0 radical (unpaired) electrons. The normalized spacial score (nSPS) is 12.6. The first kappa shape index (κ1) is 31.7. The fourth-order valence-corrected chi connectivity index (χ4v) is 3.84. The molecule has 0 atom stereocenters. The summed E-state index contributed by atoms with van der Waals surface area (Å²) in [4.78, 5) is 26.1. The van der Waals surface area contributed by atoms with E-state index in [1.54, 1.807) is 0 Å². The maximum atomic E-state index is 13.1. The van der Waals surface area contributed by atoms with Gasteiger partial charge in [0, 0.05) is 11.1 Å². The third kappa shape index (κ3) is 17.8. The fraction of sp³-hybridized carbons (Fsp3) is 0.862. The predicted molar refractivity (Wildman–Crippen MR) is 139 cm³/mol. The third-order valence-corrected chi connectivity index (χ3v) is 5.64. The Labute approximate surface area is 205 Å². The van der Waals surface area contributed by atoms with E-state index in [1.165, 1.54) is 51.4 Å². The van der Waals surface area contributed by atoms with Crippen molar-refractivity contribution in [1.82, 2.24) is 0 Å². The molecular formula is C29H54O4. The van der Waals surface area contributed by atoms with Gasteiger partial charge in [-0.3, -0.25) is 0 Å². The monoisotopic (exact) mass is 466 g/mol. The van der Waals surface area contributed by atoms with Crippen molar-refractivity contribution in [2.24, 2.45) is 11.3 Å². The van der Waals surface area contributed by atoms with Crippen molar-refractivity contribution in [2.75, 3.05) is 13.2 Å². The molecule has 4 heteroatoms.